The number of guanidine groups is 1. The molecule has 4 rings (SSSR count). The largest absolute Gasteiger partial charge is 0.490 e. The van der Waals surface area contributed by atoms with Gasteiger partial charge in [-0.2, -0.15) is 0 Å². The van der Waals surface area contributed by atoms with Crippen LogP contribution < -0.4 is 10.1 Å². The summed E-state index contributed by atoms with van der Waals surface area (Å²) in [5, 5.41) is 3.49. The number of hydrogen-bond acceptors (Lipinski definition) is 4. The Bertz CT molecular complexity index is 734. The molecule has 7 heteroatoms. The number of nitrogens with zero attached hydrogens (tertiary/aromatic N) is 3. The second-order valence-electron chi connectivity index (χ2n) is 8.35. The molecule has 0 radical (unpaired) electrons. The van der Waals surface area contributed by atoms with Gasteiger partial charge in [-0.15, -0.1) is 0 Å². The Hall–Kier alpha value is -2.28. The standard InChI is InChI=1S/C23H34N4O3/c1-24-23(27-14-12-26(13-15-27)22(28)21-11-6-16-29-21)25-17-18-7-2-5-10-20(18)30-19-8-3-4-9-19/h2,5,7,10,19,21H,3-4,6,8-9,11-17H2,1H3,(H,24,25). The van der Waals surface area contributed by atoms with Crippen molar-refractivity contribution >= 4 is 11.9 Å². The number of piperazine rings is 1. The van der Waals surface area contributed by atoms with Crippen molar-refractivity contribution in [3.8, 4) is 5.75 Å². The molecule has 1 aromatic rings. The van der Waals surface area contributed by atoms with Crippen LogP contribution in [0.5, 0.6) is 5.75 Å². The molecule has 1 amide bonds. The highest BCUT2D eigenvalue weighted by Gasteiger charge is 2.31. The van der Waals surface area contributed by atoms with E-state index in [0.29, 0.717) is 32.3 Å². The van der Waals surface area contributed by atoms with Gasteiger partial charge in [-0.05, 0) is 44.6 Å². The molecular formula is C23H34N4O3. The minimum absolute atomic E-state index is 0.146. The third-order valence-electron chi connectivity index (χ3n) is 6.31. The Morgan fingerprint density at radius 3 is 2.53 bits per heavy atom. The third-order valence-corrected chi connectivity index (χ3v) is 6.31. The quantitative estimate of drug-likeness (QED) is 0.592. The SMILES string of the molecule is CN=C(NCc1ccccc1OC1CCCC1)N1CCN(C(=O)C2CCCO2)CC1. The Kier molecular flexibility index (Phi) is 7.10. The molecule has 3 aliphatic rings. The Labute approximate surface area is 179 Å². The van der Waals surface area contributed by atoms with Gasteiger partial charge < -0.3 is 24.6 Å². The van der Waals surface area contributed by atoms with Gasteiger partial charge in [0.2, 0.25) is 0 Å². The van der Waals surface area contributed by atoms with Crippen molar-refractivity contribution in [2.75, 3.05) is 39.8 Å². The van der Waals surface area contributed by atoms with Gasteiger partial charge in [-0.25, -0.2) is 0 Å². The topological polar surface area (TPSA) is 66.4 Å². The van der Waals surface area contributed by atoms with Crippen molar-refractivity contribution in [1.82, 2.24) is 15.1 Å². The highest BCUT2D eigenvalue weighted by Crippen LogP contribution is 2.26. The van der Waals surface area contributed by atoms with Crippen molar-refractivity contribution in [3.63, 3.8) is 0 Å². The van der Waals surface area contributed by atoms with Gasteiger partial charge in [0, 0.05) is 51.9 Å². The summed E-state index contributed by atoms with van der Waals surface area (Å²) in [7, 11) is 1.81. The molecule has 1 unspecified atom stereocenters. The number of aliphatic imine (C=N–C) groups is 1. The lowest BCUT2D eigenvalue weighted by Gasteiger charge is -2.37. The summed E-state index contributed by atoms with van der Waals surface area (Å²) in [6, 6.07) is 8.26. The molecule has 1 aliphatic carbocycles. The molecule has 0 aromatic heterocycles. The summed E-state index contributed by atoms with van der Waals surface area (Å²) in [6.45, 7) is 4.35. The first-order chi connectivity index (χ1) is 14.7. The number of carbonyl (C=O) groups is 1. The first-order valence-electron chi connectivity index (χ1n) is 11.3. The van der Waals surface area contributed by atoms with Gasteiger partial charge in [0.1, 0.15) is 11.9 Å². The van der Waals surface area contributed by atoms with Crippen molar-refractivity contribution in [3.05, 3.63) is 29.8 Å². The number of nitrogens with one attached hydrogen (secondary N) is 1. The molecular weight excluding hydrogens is 380 g/mol. The van der Waals surface area contributed by atoms with Crippen LogP contribution in [0.15, 0.2) is 29.3 Å². The van der Waals surface area contributed by atoms with E-state index in [9.17, 15) is 4.79 Å². The number of para-hydroxylation sites is 1. The van der Waals surface area contributed by atoms with E-state index in [1.54, 1.807) is 0 Å². The molecule has 0 bridgehead atoms. The molecule has 1 atom stereocenters. The fourth-order valence-electron chi connectivity index (χ4n) is 4.57. The molecule has 2 saturated heterocycles. The van der Waals surface area contributed by atoms with Gasteiger partial charge in [0.25, 0.3) is 5.91 Å². The number of carbonyl (C=O) groups excluding carboxylic acids is 1. The van der Waals surface area contributed by atoms with E-state index in [4.69, 9.17) is 9.47 Å². The maximum atomic E-state index is 12.6. The zero-order valence-electron chi connectivity index (χ0n) is 18.0. The van der Waals surface area contributed by atoms with E-state index < -0.39 is 0 Å². The molecule has 0 spiro atoms. The van der Waals surface area contributed by atoms with Gasteiger partial charge in [0.05, 0.1) is 6.10 Å². The number of ether oxygens (including phenoxy) is 2. The lowest BCUT2D eigenvalue weighted by Crippen LogP contribution is -2.55. The summed E-state index contributed by atoms with van der Waals surface area (Å²) >= 11 is 0. The van der Waals surface area contributed by atoms with Crippen LogP contribution in [-0.4, -0.2) is 73.7 Å². The van der Waals surface area contributed by atoms with Gasteiger partial charge in [-0.1, -0.05) is 18.2 Å². The molecule has 2 heterocycles. The zero-order valence-corrected chi connectivity index (χ0v) is 18.0. The molecule has 1 aromatic carbocycles. The fraction of sp³-hybridized carbons (Fsp3) is 0.652. The summed E-state index contributed by atoms with van der Waals surface area (Å²) in [5.74, 6) is 1.99. The molecule has 7 nitrogen and oxygen atoms in total. The highest BCUT2D eigenvalue weighted by molar-refractivity contribution is 5.82. The van der Waals surface area contributed by atoms with Crippen LogP contribution in [0.25, 0.3) is 0 Å². The minimum atomic E-state index is -0.231. The molecule has 1 saturated carbocycles. The van der Waals surface area contributed by atoms with E-state index in [0.717, 1.165) is 56.0 Å². The van der Waals surface area contributed by atoms with Crippen LogP contribution in [-0.2, 0) is 16.1 Å². The number of amides is 1. The third kappa shape index (κ3) is 5.06. The van der Waals surface area contributed by atoms with Crippen LogP contribution >= 0.6 is 0 Å². The van der Waals surface area contributed by atoms with Crippen LogP contribution in [0, 0.1) is 0 Å². The van der Waals surface area contributed by atoms with Crippen molar-refractivity contribution in [2.24, 2.45) is 4.99 Å². The second kappa shape index (κ2) is 10.2. The van der Waals surface area contributed by atoms with Crippen molar-refractivity contribution in [2.45, 2.75) is 57.3 Å². The molecule has 2 aliphatic heterocycles. The maximum absolute atomic E-state index is 12.6. The molecule has 164 valence electrons. The first kappa shape index (κ1) is 21.0. The van der Waals surface area contributed by atoms with Crippen molar-refractivity contribution < 1.29 is 14.3 Å². The van der Waals surface area contributed by atoms with E-state index in [2.05, 4.69) is 33.4 Å². The normalized spacial score (nSPS) is 23.1. The molecule has 3 fully saturated rings. The summed E-state index contributed by atoms with van der Waals surface area (Å²) in [6.07, 6.45) is 6.78. The predicted octanol–water partition coefficient (Wildman–Crippen LogP) is 2.41. The van der Waals surface area contributed by atoms with Crippen LogP contribution in [0.2, 0.25) is 0 Å². The predicted molar refractivity (Wildman–Crippen MR) is 117 cm³/mol. The van der Waals surface area contributed by atoms with Gasteiger partial charge in [0.15, 0.2) is 5.96 Å². The Morgan fingerprint density at radius 1 is 1.10 bits per heavy atom. The van der Waals surface area contributed by atoms with Crippen LogP contribution in [0.3, 0.4) is 0 Å². The Balaban J connectivity index is 1.29. The van der Waals surface area contributed by atoms with Crippen LogP contribution in [0.4, 0.5) is 0 Å². The van der Waals surface area contributed by atoms with E-state index in [1.165, 1.54) is 12.8 Å². The zero-order chi connectivity index (χ0) is 20.8. The van der Waals surface area contributed by atoms with Crippen molar-refractivity contribution in [1.29, 1.82) is 0 Å². The highest BCUT2D eigenvalue weighted by atomic mass is 16.5. The maximum Gasteiger partial charge on any atom is 0.251 e. The monoisotopic (exact) mass is 414 g/mol. The summed E-state index contributed by atoms with van der Waals surface area (Å²) < 4.78 is 11.8. The fourth-order valence-corrected chi connectivity index (χ4v) is 4.57. The lowest BCUT2D eigenvalue weighted by molar-refractivity contribution is -0.142. The summed E-state index contributed by atoms with van der Waals surface area (Å²) in [4.78, 5) is 21.2. The summed E-state index contributed by atoms with van der Waals surface area (Å²) in [5.41, 5.74) is 1.15. The van der Waals surface area contributed by atoms with Gasteiger partial charge in [-0.3, -0.25) is 9.79 Å². The average molecular weight is 415 g/mol. The lowest BCUT2D eigenvalue weighted by atomic mass is 10.2. The first-order valence-corrected chi connectivity index (χ1v) is 11.3. The number of hydrogen-bond donors (Lipinski definition) is 1. The number of rotatable bonds is 5. The average Bonchev–Trinajstić information content (AvgIpc) is 3.50. The molecule has 1 N–H and O–H groups in total. The van der Waals surface area contributed by atoms with E-state index in [-0.39, 0.29) is 12.0 Å². The van der Waals surface area contributed by atoms with E-state index in [1.807, 2.05) is 18.0 Å². The van der Waals surface area contributed by atoms with E-state index >= 15 is 0 Å². The minimum Gasteiger partial charge on any atom is -0.490 e. The van der Waals surface area contributed by atoms with Crippen LogP contribution in [0.1, 0.15) is 44.1 Å². The Morgan fingerprint density at radius 2 is 1.83 bits per heavy atom. The smallest absolute Gasteiger partial charge is 0.251 e. The number of benzene rings is 1. The molecule has 30 heavy (non-hydrogen) atoms. The second-order valence-corrected chi connectivity index (χ2v) is 8.35. The van der Waals surface area contributed by atoms with Gasteiger partial charge >= 0.3 is 0 Å².